The Morgan fingerprint density at radius 2 is 2.19 bits per heavy atom. The predicted molar refractivity (Wildman–Crippen MR) is 64.9 cm³/mol. The second-order valence-corrected chi connectivity index (χ2v) is 3.80. The zero-order valence-electron chi connectivity index (χ0n) is 10.2. The van der Waals surface area contributed by atoms with Gasteiger partial charge in [-0.3, -0.25) is 9.78 Å². The smallest absolute Gasteiger partial charge is 0.217 e. The standard InChI is InChI=1S/C11H14N2O.C2H6/c1-8(14)13-11(9-4-5-9)10-3-2-6-12-7-10;1-2/h2-3,6-7,9,11H,4-5H2,1H3,(H,13,14);1-2H3. The lowest BCUT2D eigenvalue weighted by Gasteiger charge is -2.16. The van der Waals surface area contributed by atoms with Gasteiger partial charge in [-0.1, -0.05) is 19.9 Å². The van der Waals surface area contributed by atoms with Gasteiger partial charge in [0.2, 0.25) is 5.91 Å². The summed E-state index contributed by atoms with van der Waals surface area (Å²) in [5, 5.41) is 2.98. The van der Waals surface area contributed by atoms with Crippen molar-refractivity contribution in [3.63, 3.8) is 0 Å². The summed E-state index contributed by atoms with van der Waals surface area (Å²) in [4.78, 5) is 15.1. The predicted octanol–water partition coefficient (Wildman–Crippen LogP) is 2.70. The molecule has 16 heavy (non-hydrogen) atoms. The van der Waals surface area contributed by atoms with Gasteiger partial charge in [-0.2, -0.15) is 0 Å². The third-order valence-electron chi connectivity index (χ3n) is 2.50. The number of hydrogen-bond donors (Lipinski definition) is 1. The Hall–Kier alpha value is -1.38. The number of nitrogens with zero attached hydrogens (tertiary/aromatic N) is 1. The second-order valence-electron chi connectivity index (χ2n) is 3.80. The molecule has 0 aliphatic heterocycles. The highest BCUT2D eigenvalue weighted by molar-refractivity contribution is 5.73. The first-order chi connectivity index (χ1) is 7.77. The zero-order chi connectivity index (χ0) is 12.0. The Morgan fingerprint density at radius 1 is 1.50 bits per heavy atom. The number of amides is 1. The van der Waals surface area contributed by atoms with Crippen LogP contribution in [0.1, 0.15) is 45.2 Å². The Balaban J connectivity index is 0.000000606. The number of nitrogens with one attached hydrogen (secondary N) is 1. The summed E-state index contributed by atoms with van der Waals surface area (Å²) in [6, 6.07) is 4.10. The fraction of sp³-hybridized carbons (Fsp3) is 0.538. The van der Waals surface area contributed by atoms with E-state index in [1.165, 1.54) is 12.8 Å². The van der Waals surface area contributed by atoms with Crippen molar-refractivity contribution < 1.29 is 4.79 Å². The molecule has 0 radical (unpaired) electrons. The van der Waals surface area contributed by atoms with Gasteiger partial charge in [0.15, 0.2) is 0 Å². The molecule has 1 heterocycles. The van der Waals surface area contributed by atoms with Crippen LogP contribution in [0.25, 0.3) is 0 Å². The van der Waals surface area contributed by atoms with Crippen molar-refractivity contribution in [3.05, 3.63) is 30.1 Å². The quantitative estimate of drug-likeness (QED) is 0.851. The summed E-state index contributed by atoms with van der Waals surface area (Å²) in [5.74, 6) is 0.647. The zero-order valence-corrected chi connectivity index (χ0v) is 10.2. The largest absolute Gasteiger partial charge is 0.349 e. The second kappa shape index (κ2) is 6.26. The summed E-state index contributed by atoms with van der Waals surface area (Å²) >= 11 is 0. The first-order valence-corrected chi connectivity index (χ1v) is 5.94. The van der Waals surface area contributed by atoms with Crippen LogP contribution in [0.5, 0.6) is 0 Å². The highest BCUT2D eigenvalue weighted by atomic mass is 16.1. The maximum Gasteiger partial charge on any atom is 0.217 e. The number of pyridine rings is 1. The monoisotopic (exact) mass is 220 g/mol. The van der Waals surface area contributed by atoms with Crippen molar-refractivity contribution in [2.75, 3.05) is 0 Å². The van der Waals surface area contributed by atoms with E-state index in [0.717, 1.165) is 5.56 Å². The molecule has 1 unspecified atom stereocenters. The molecule has 1 aliphatic carbocycles. The van der Waals surface area contributed by atoms with Crippen molar-refractivity contribution in [2.45, 2.75) is 39.7 Å². The minimum absolute atomic E-state index is 0.0331. The van der Waals surface area contributed by atoms with Crippen LogP contribution in [0.4, 0.5) is 0 Å². The van der Waals surface area contributed by atoms with Crippen LogP contribution < -0.4 is 5.32 Å². The molecule has 1 fully saturated rings. The number of carbonyl (C=O) groups excluding carboxylic acids is 1. The minimum Gasteiger partial charge on any atom is -0.349 e. The normalized spacial score (nSPS) is 15.7. The van der Waals surface area contributed by atoms with Gasteiger partial charge in [0.1, 0.15) is 0 Å². The summed E-state index contributed by atoms with van der Waals surface area (Å²) in [6.07, 6.45) is 6.00. The van der Waals surface area contributed by atoms with Crippen molar-refractivity contribution in [1.82, 2.24) is 10.3 Å². The molecule has 0 saturated heterocycles. The van der Waals surface area contributed by atoms with Gasteiger partial charge in [0.05, 0.1) is 6.04 Å². The van der Waals surface area contributed by atoms with Gasteiger partial charge in [0, 0.05) is 19.3 Å². The molecule has 0 spiro atoms. The van der Waals surface area contributed by atoms with E-state index in [1.807, 2.05) is 32.2 Å². The van der Waals surface area contributed by atoms with Crippen molar-refractivity contribution in [1.29, 1.82) is 0 Å². The van der Waals surface area contributed by atoms with Crippen molar-refractivity contribution in [3.8, 4) is 0 Å². The maximum atomic E-state index is 11.0. The molecule has 3 heteroatoms. The van der Waals surface area contributed by atoms with Crippen LogP contribution in [0, 0.1) is 5.92 Å². The SMILES string of the molecule is CC.CC(=O)NC(c1cccnc1)C1CC1. The first kappa shape index (κ1) is 12.7. The van der Waals surface area contributed by atoms with E-state index in [9.17, 15) is 4.79 Å². The highest BCUT2D eigenvalue weighted by Gasteiger charge is 2.32. The molecule has 0 aromatic carbocycles. The van der Waals surface area contributed by atoms with Crippen LogP contribution in [-0.4, -0.2) is 10.9 Å². The average Bonchev–Trinajstić information content (AvgIpc) is 3.14. The molecule has 1 aromatic heterocycles. The lowest BCUT2D eigenvalue weighted by atomic mass is 10.0. The molecule has 0 bridgehead atoms. The molecule has 2 rings (SSSR count). The van der Waals surface area contributed by atoms with E-state index in [0.29, 0.717) is 5.92 Å². The average molecular weight is 220 g/mol. The molecule has 1 aromatic rings. The van der Waals surface area contributed by atoms with Crippen LogP contribution in [-0.2, 0) is 4.79 Å². The molecule has 1 saturated carbocycles. The molecule has 1 aliphatic rings. The first-order valence-electron chi connectivity index (χ1n) is 5.94. The van der Waals surface area contributed by atoms with Crippen molar-refractivity contribution in [2.24, 2.45) is 5.92 Å². The lowest BCUT2D eigenvalue weighted by molar-refractivity contribution is -0.119. The summed E-state index contributed by atoms with van der Waals surface area (Å²) in [7, 11) is 0. The summed E-state index contributed by atoms with van der Waals surface area (Å²) < 4.78 is 0. The summed E-state index contributed by atoms with van der Waals surface area (Å²) in [6.45, 7) is 5.56. The number of carbonyl (C=O) groups is 1. The molecular formula is C13H20N2O. The van der Waals surface area contributed by atoms with E-state index < -0.39 is 0 Å². The number of rotatable bonds is 3. The van der Waals surface area contributed by atoms with Gasteiger partial charge in [-0.05, 0) is 30.4 Å². The number of aromatic nitrogens is 1. The van der Waals surface area contributed by atoms with E-state index >= 15 is 0 Å². The Morgan fingerprint density at radius 3 is 2.62 bits per heavy atom. The van der Waals surface area contributed by atoms with Crippen molar-refractivity contribution >= 4 is 5.91 Å². The topological polar surface area (TPSA) is 42.0 Å². The highest BCUT2D eigenvalue weighted by Crippen LogP contribution is 2.40. The van der Waals surface area contributed by atoms with E-state index in [-0.39, 0.29) is 11.9 Å². The van der Waals surface area contributed by atoms with Crippen LogP contribution in [0.15, 0.2) is 24.5 Å². The van der Waals surface area contributed by atoms with Gasteiger partial charge >= 0.3 is 0 Å². The van der Waals surface area contributed by atoms with Crippen LogP contribution in [0.2, 0.25) is 0 Å². The van der Waals surface area contributed by atoms with Crippen LogP contribution >= 0.6 is 0 Å². The molecule has 1 atom stereocenters. The third kappa shape index (κ3) is 3.65. The molecule has 88 valence electrons. The number of hydrogen-bond acceptors (Lipinski definition) is 2. The summed E-state index contributed by atoms with van der Waals surface area (Å²) in [5.41, 5.74) is 1.12. The molecular weight excluding hydrogens is 200 g/mol. The molecule has 1 N–H and O–H groups in total. The maximum absolute atomic E-state index is 11.0. The lowest BCUT2D eigenvalue weighted by Crippen LogP contribution is -2.27. The van der Waals surface area contributed by atoms with E-state index in [1.54, 1.807) is 13.1 Å². The fourth-order valence-electron chi connectivity index (χ4n) is 1.68. The third-order valence-corrected chi connectivity index (χ3v) is 2.50. The molecule has 1 amide bonds. The van der Waals surface area contributed by atoms with Gasteiger partial charge in [0.25, 0.3) is 0 Å². The Kier molecular flexibility index (Phi) is 4.96. The fourth-order valence-corrected chi connectivity index (χ4v) is 1.68. The Bertz CT molecular complexity index is 320. The van der Waals surface area contributed by atoms with Gasteiger partial charge in [-0.15, -0.1) is 0 Å². The molecule has 3 nitrogen and oxygen atoms in total. The Labute approximate surface area is 97.3 Å². The van der Waals surface area contributed by atoms with E-state index in [4.69, 9.17) is 0 Å². The van der Waals surface area contributed by atoms with Gasteiger partial charge in [-0.25, -0.2) is 0 Å². The van der Waals surface area contributed by atoms with Gasteiger partial charge < -0.3 is 5.32 Å². The van der Waals surface area contributed by atoms with Crippen LogP contribution in [0.3, 0.4) is 0 Å². The minimum atomic E-state index is 0.0331. The van der Waals surface area contributed by atoms with E-state index in [2.05, 4.69) is 10.3 Å².